The molecule has 0 fully saturated rings. The van der Waals surface area contributed by atoms with E-state index < -0.39 is 15.9 Å². The molecule has 0 aliphatic heterocycles. The van der Waals surface area contributed by atoms with Gasteiger partial charge in [-0.3, -0.25) is 9.78 Å². The first-order valence-corrected chi connectivity index (χ1v) is 14.1. The van der Waals surface area contributed by atoms with Gasteiger partial charge in [0.25, 0.3) is 5.91 Å². The summed E-state index contributed by atoms with van der Waals surface area (Å²) in [6, 6.07) is 10.2. The van der Waals surface area contributed by atoms with Gasteiger partial charge in [0.1, 0.15) is 22.2 Å². The average molecular weight is 547 g/mol. The molecule has 3 aromatic heterocycles. The average Bonchev–Trinajstić information content (AvgIpc) is 3.41. The van der Waals surface area contributed by atoms with Gasteiger partial charge in [0, 0.05) is 42.1 Å². The Morgan fingerprint density at radius 3 is 2.68 bits per heavy atom. The largest absolute Gasteiger partial charge is 0.496 e. The van der Waals surface area contributed by atoms with E-state index in [2.05, 4.69) is 10.3 Å². The molecule has 1 amide bonds. The Bertz CT molecular complexity index is 1560. The summed E-state index contributed by atoms with van der Waals surface area (Å²) in [5.74, 6) is -0.156. The van der Waals surface area contributed by atoms with Crippen LogP contribution in [0, 0.1) is 12.7 Å². The van der Waals surface area contributed by atoms with Crippen LogP contribution in [-0.2, 0) is 16.6 Å². The van der Waals surface area contributed by atoms with E-state index in [4.69, 9.17) is 9.47 Å². The van der Waals surface area contributed by atoms with Crippen LogP contribution in [0.2, 0.25) is 0 Å². The highest BCUT2D eigenvalue weighted by Crippen LogP contribution is 2.36. The second-order valence-corrected chi connectivity index (χ2v) is 11.0. The number of fused-ring (bicyclic) bond motifs is 1. The maximum absolute atomic E-state index is 14.6. The molecule has 0 bridgehead atoms. The van der Waals surface area contributed by atoms with Gasteiger partial charge in [0.05, 0.1) is 36.1 Å². The zero-order chi connectivity index (χ0) is 26.7. The zero-order valence-corrected chi connectivity index (χ0v) is 22.4. The second-order valence-electron chi connectivity index (χ2n) is 8.25. The lowest BCUT2D eigenvalue weighted by atomic mass is 10.2. The van der Waals surface area contributed by atoms with Crippen LogP contribution < -0.4 is 19.5 Å². The van der Waals surface area contributed by atoms with Crippen molar-refractivity contribution >= 4 is 43.9 Å². The van der Waals surface area contributed by atoms with Gasteiger partial charge in [-0.15, -0.1) is 11.3 Å². The van der Waals surface area contributed by atoms with Crippen molar-refractivity contribution in [2.45, 2.75) is 20.4 Å². The fourth-order valence-electron chi connectivity index (χ4n) is 4.03. The van der Waals surface area contributed by atoms with Crippen molar-refractivity contribution in [3.63, 3.8) is 0 Å². The van der Waals surface area contributed by atoms with Gasteiger partial charge in [-0.1, -0.05) is 0 Å². The molecule has 0 spiro atoms. The van der Waals surface area contributed by atoms with Crippen LogP contribution in [-0.4, -0.2) is 50.4 Å². The number of halogens is 1. The van der Waals surface area contributed by atoms with E-state index in [1.165, 1.54) is 6.07 Å². The molecule has 3 heterocycles. The number of benzene rings is 1. The lowest BCUT2D eigenvalue weighted by Crippen LogP contribution is -2.28. The first kappa shape index (κ1) is 26.4. The quantitative estimate of drug-likeness (QED) is 0.303. The number of ether oxygens (including phenoxy) is 2. The number of carbonyl (C=O) groups excluding carboxylic acids is 1. The Kier molecular flexibility index (Phi) is 7.69. The number of hydrogen-bond donors (Lipinski definition) is 2. The third-order valence-electron chi connectivity index (χ3n) is 5.56. The molecule has 0 atom stereocenters. The van der Waals surface area contributed by atoms with Crippen LogP contribution in [0.3, 0.4) is 0 Å². The summed E-state index contributed by atoms with van der Waals surface area (Å²) >= 11 is 1.09. The van der Waals surface area contributed by atoms with Gasteiger partial charge in [-0.2, -0.15) is 0 Å². The van der Waals surface area contributed by atoms with Crippen molar-refractivity contribution in [1.29, 1.82) is 0 Å². The predicted molar refractivity (Wildman–Crippen MR) is 143 cm³/mol. The number of methoxy groups -OCH3 is 1. The van der Waals surface area contributed by atoms with Crippen LogP contribution in [0.25, 0.3) is 21.5 Å². The monoisotopic (exact) mass is 546 g/mol. The summed E-state index contributed by atoms with van der Waals surface area (Å²) < 4.78 is 52.5. The number of nitrogens with zero attached hydrogens (tertiary/aromatic N) is 2. The normalized spacial score (nSPS) is 11.5. The van der Waals surface area contributed by atoms with Crippen LogP contribution >= 0.6 is 11.3 Å². The molecule has 196 valence electrons. The number of aromatic nitrogens is 2. The van der Waals surface area contributed by atoms with E-state index >= 15 is 0 Å². The second kappa shape index (κ2) is 10.8. The van der Waals surface area contributed by atoms with Crippen molar-refractivity contribution in [3.05, 3.63) is 59.0 Å². The summed E-state index contributed by atoms with van der Waals surface area (Å²) in [5.41, 5.74) is 2.78. The molecule has 0 aliphatic rings. The zero-order valence-electron chi connectivity index (χ0n) is 20.8. The summed E-state index contributed by atoms with van der Waals surface area (Å²) in [5, 5.41) is 4.06. The molecule has 2 N–H and O–H groups in total. The predicted octanol–water partition coefficient (Wildman–Crippen LogP) is 4.42. The standard InChI is InChI=1S/C25H27FN4O5S2/c1-5-35-21-14-22(36-24(21)25(31)29-37(4,32)33)19-13-16(8-9-28-19)27-10-11-30-15(2)12-17-20(34-3)7-6-18(26)23(17)30/h6-9,12-14H,5,10-11H2,1-4H3,(H,27,28)(H,29,31). The fraction of sp³-hybridized carbons (Fsp3) is 0.280. The van der Waals surface area contributed by atoms with Crippen LogP contribution in [0.4, 0.5) is 10.1 Å². The van der Waals surface area contributed by atoms with Crippen molar-refractivity contribution in [2.24, 2.45) is 0 Å². The number of carbonyl (C=O) groups is 1. The van der Waals surface area contributed by atoms with Gasteiger partial charge in [0.15, 0.2) is 0 Å². The van der Waals surface area contributed by atoms with Gasteiger partial charge in [0.2, 0.25) is 10.0 Å². The molecular weight excluding hydrogens is 519 g/mol. The van der Waals surface area contributed by atoms with E-state index in [9.17, 15) is 17.6 Å². The number of sulfonamides is 1. The minimum atomic E-state index is -3.72. The number of amides is 1. The molecule has 0 unspecified atom stereocenters. The summed E-state index contributed by atoms with van der Waals surface area (Å²) in [6.07, 6.45) is 2.55. The number of anilines is 1. The first-order valence-electron chi connectivity index (χ1n) is 11.4. The molecule has 0 saturated heterocycles. The van der Waals surface area contributed by atoms with E-state index in [1.54, 1.807) is 32.4 Å². The molecule has 4 aromatic rings. The minimum Gasteiger partial charge on any atom is -0.496 e. The van der Waals surface area contributed by atoms with Crippen LogP contribution in [0.1, 0.15) is 22.3 Å². The van der Waals surface area contributed by atoms with Gasteiger partial charge >= 0.3 is 0 Å². The molecule has 0 aliphatic carbocycles. The molecule has 4 rings (SSSR count). The first-order chi connectivity index (χ1) is 17.6. The Balaban J connectivity index is 1.53. The van der Waals surface area contributed by atoms with Crippen molar-refractivity contribution < 1.29 is 27.1 Å². The van der Waals surface area contributed by atoms with Gasteiger partial charge in [-0.05, 0) is 44.2 Å². The summed E-state index contributed by atoms with van der Waals surface area (Å²) in [7, 11) is -2.16. The molecular formula is C25H27FN4O5S2. The van der Waals surface area contributed by atoms with Crippen molar-refractivity contribution in [2.75, 3.05) is 31.8 Å². The van der Waals surface area contributed by atoms with Crippen LogP contribution in [0.5, 0.6) is 11.5 Å². The molecule has 1 aromatic carbocycles. The molecule has 0 saturated carbocycles. The summed E-state index contributed by atoms with van der Waals surface area (Å²) in [4.78, 5) is 17.7. The SMILES string of the molecule is CCOc1cc(-c2cc(NCCn3c(C)cc4c(OC)ccc(F)c43)ccn2)sc1C(=O)NS(C)(=O)=O. The highest BCUT2D eigenvalue weighted by Gasteiger charge is 2.21. The number of rotatable bonds is 10. The lowest BCUT2D eigenvalue weighted by molar-refractivity contribution is 0.0982. The van der Waals surface area contributed by atoms with E-state index in [0.29, 0.717) is 41.5 Å². The Labute approximate surface area is 218 Å². The lowest BCUT2D eigenvalue weighted by Gasteiger charge is -2.12. The smallest absolute Gasteiger partial charge is 0.278 e. The third kappa shape index (κ3) is 5.86. The number of pyridine rings is 1. The molecule has 37 heavy (non-hydrogen) atoms. The third-order valence-corrected chi connectivity index (χ3v) is 7.25. The van der Waals surface area contributed by atoms with Gasteiger partial charge < -0.3 is 19.4 Å². The maximum atomic E-state index is 14.6. The molecule has 12 heteroatoms. The van der Waals surface area contributed by atoms with Gasteiger partial charge in [-0.25, -0.2) is 17.5 Å². The van der Waals surface area contributed by atoms with E-state index in [-0.39, 0.29) is 16.4 Å². The van der Waals surface area contributed by atoms with E-state index in [0.717, 1.165) is 34.4 Å². The Morgan fingerprint density at radius 2 is 1.97 bits per heavy atom. The number of aryl methyl sites for hydroxylation is 1. The number of hydrogen-bond acceptors (Lipinski definition) is 8. The van der Waals surface area contributed by atoms with E-state index in [1.807, 2.05) is 34.4 Å². The highest BCUT2D eigenvalue weighted by molar-refractivity contribution is 7.89. The topological polar surface area (TPSA) is 112 Å². The number of nitrogens with one attached hydrogen (secondary N) is 2. The van der Waals surface area contributed by atoms with Crippen LogP contribution in [0.15, 0.2) is 42.6 Å². The highest BCUT2D eigenvalue weighted by atomic mass is 32.2. The number of thiophene rings is 1. The Morgan fingerprint density at radius 1 is 1.19 bits per heavy atom. The molecule has 0 radical (unpaired) electrons. The van der Waals surface area contributed by atoms with Crippen molar-refractivity contribution in [3.8, 4) is 22.1 Å². The Hall–Kier alpha value is -3.64. The summed E-state index contributed by atoms with van der Waals surface area (Å²) in [6.45, 7) is 5.04. The minimum absolute atomic E-state index is 0.148. The maximum Gasteiger partial charge on any atom is 0.278 e. The fourth-order valence-corrected chi connectivity index (χ4v) is 5.50. The van der Waals surface area contributed by atoms with Crippen molar-refractivity contribution in [1.82, 2.24) is 14.3 Å². The molecule has 9 nitrogen and oxygen atoms in total.